The van der Waals surface area contributed by atoms with Crippen LogP contribution in [-0.2, 0) is 0 Å². The molecule has 92 valence electrons. The summed E-state index contributed by atoms with van der Waals surface area (Å²) >= 11 is 0. The predicted octanol–water partition coefficient (Wildman–Crippen LogP) is 2.07. The van der Waals surface area contributed by atoms with Crippen LogP contribution in [-0.4, -0.2) is 28.9 Å². The van der Waals surface area contributed by atoms with E-state index >= 15 is 0 Å². The van der Waals surface area contributed by atoms with Gasteiger partial charge in [0.25, 0.3) is 5.91 Å². The van der Waals surface area contributed by atoms with Crippen molar-refractivity contribution in [2.45, 2.75) is 32.1 Å². The Morgan fingerprint density at radius 2 is 1.76 bits per heavy atom. The number of rotatable bonds is 1. The number of pyridine rings is 1. The zero-order valence-electron chi connectivity index (χ0n) is 10.1. The quantitative estimate of drug-likeness (QED) is 0.807. The molecule has 0 radical (unpaired) electrons. The van der Waals surface area contributed by atoms with Gasteiger partial charge in [0.15, 0.2) is 0 Å². The standard InChI is InChI=1S/C13H19N3O/c14-12-8-6-7-11(15-12)13(17)16-9-4-2-1-3-5-10-16/h6-8H,1-5,9-10H2,(H2,14,15). The van der Waals surface area contributed by atoms with E-state index in [1.807, 2.05) is 4.90 Å². The summed E-state index contributed by atoms with van der Waals surface area (Å²) in [4.78, 5) is 18.2. The minimum Gasteiger partial charge on any atom is -0.384 e. The molecule has 1 aromatic heterocycles. The number of anilines is 1. The van der Waals surface area contributed by atoms with E-state index in [1.165, 1.54) is 19.3 Å². The predicted molar refractivity (Wildman–Crippen MR) is 67.6 cm³/mol. The molecule has 2 N–H and O–H groups in total. The highest BCUT2D eigenvalue weighted by molar-refractivity contribution is 5.92. The molecule has 2 heterocycles. The van der Waals surface area contributed by atoms with Gasteiger partial charge in [0.1, 0.15) is 11.5 Å². The molecule has 17 heavy (non-hydrogen) atoms. The van der Waals surface area contributed by atoms with Crippen molar-refractivity contribution in [2.24, 2.45) is 0 Å². The second-order valence-electron chi connectivity index (χ2n) is 4.51. The number of likely N-dealkylation sites (tertiary alicyclic amines) is 1. The summed E-state index contributed by atoms with van der Waals surface area (Å²) in [7, 11) is 0. The van der Waals surface area contributed by atoms with Crippen molar-refractivity contribution in [1.29, 1.82) is 0 Å². The van der Waals surface area contributed by atoms with Crippen molar-refractivity contribution in [3.05, 3.63) is 23.9 Å². The van der Waals surface area contributed by atoms with Gasteiger partial charge in [-0.3, -0.25) is 4.79 Å². The molecule has 2 rings (SSSR count). The van der Waals surface area contributed by atoms with Gasteiger partial charge in [-0.2, -0.15) is 0 Å². The fourth-order valence-corrected chi connectivity index (χ4v) is 2.18. The molecular formula is C13H19N3O. The molecule has 1 aromatic rings. The Balaban J connectivity index is 2.07. The van der Waals surface area contributed by atoms with Crippen LogP contribution in [0, 0.1) is 0 Å². The van der Waals surface area contributed by atoms with Gasteiger partial charge in [0.2, 0.25) is 0 Å². The molecule has 1 aliphatic rings. The lowest BCUT2D eigenvalue weighted by atomic mass is 10.1. The topological polar surface area (TPSA) is 59.2 Å². The van der Waals surface area contributed by atoms with E-state index in [4.69, 9.17) is 5.73 Å². The largest absolute Gasteiger partial charge is 0.384 e. The molecule has 4 heteroatoms. The summed E-state index contributed by atoms with van der Waals surface area (Å²) in [6.45, 7) is 1.69. The van der Waals surface area contributed by atoms with Gasteiger partial charge >= 0.3 is 0 Å². The molecule has 0 atom stereocenters. The fraction of sp³-hybridized carbons (Fsp3) is 0.538. The van der Waals surface area contributed by atoms with Crippen LogP contribution in [0.2, 0.25) is 0 Å². The first-order valence-corrected chi connectivity index (χ1v) is 6.29. The maximum absolute atomic E-state index is 12.2. The lowest BCUT2D eigenvalue weighted by Crippen LogP contribution is -2.34. The highest BCUT2D eigenvalue weighted by Gasteiger charge is 2.17. The Hall–Kier alpha value is -1.58. The van der Waals surface area contributed by atoms with Crippen LogP contribution in [0.3, 0.4) is 0 Å². The van der Waals surface area contributed by atoms with Crippen LogP contribution in [0.15, 0.2) is 18.2 Å². The van der Waals surface area contributed by atoms with Crippen molar-refractivity contribution in [3.8, 4) is 0 Å². The SMILES string of the molecule is Nc1cccc(C(=O)N2CCCCCCC2)n1. The second-order valence-corrected chi connectivity index (χ2v) is 4.51. The molecule has 0 unspecified atom stereocenters. The van der Waals surface area contributed by atoms with E-state index in [-0.39, 0.29) is 5.91 Å². The highest BCUT2D eigenvalue weighted by Crippen LogP contribution is 2.13. The van der Waals surface area contributed by atoms with Gasteiger partial charge in [-0.1, -0.05) is 25.3 Å². The molecule has 0 spiro atoms. The zero-order chi connectivity index (χ0) is 12.1. The Labute approximate surface area is 102 Å². The van der Waals surface area contributed by atoms with Crippen LogP contribution >= 0.6 is 0 Å². The smallest absolute Gasteiger partial charge is 0.272 e. The Morgan fingerprint density at radius 1 is 1.12 bits per heavy atom. The average Bonchev–Trinajstić information content (AvgIpc) is 2.28. The van der Waals surface area contributed by atoms with Crippen LogP contribution in [0.4, 0.5) is 5.82 Å². The third-order valence-corrected chi connectivity index (χ3v) is 3.13. The third-order valence-electron chi connectivity index (χ3n) is 3.13. The lowest BCUT2D eigenvalue weighted by Gasteiger charge is -2.24. The molecule has 4 nitrogen and oxygen atoms in total. The maximum Gasteiger partial charge on any atom is 0.272 e. The number of carbonyl (C=O) groups is 1. The number of aromatic nitrogens is 1. The van der Waals surface area contributed by atoms with Crippen molar-refractivity contribution < 1.29 is 4.79 Å². The number of carbonyl (C=O) groups excluding carboxylic acids is 1. The number of nitrogens with zero attached hydrogens (tertiary/aromatic N) is 2. The van der Waals surface area contributed by atoms with Gasteiger partial charge in [-0.05, 0) is 25.0 Å². The number of nitrogens with two attached hydrogens (primary N) is 1. The van der Waals surface area contributed by atoms with Crippen molar-refractivity contribution in [2.75, 3.05) is 18.8 Å². The van der Waals surface area contributed by atoms with Crippen molar-refractivity contribution in [3.63, 3.8) is 0 Å². The first kappa shape index (κ1) is 11.9. The van der Waals surface area contributed by atoms with Crippen LogP contribution in [0.1, 0.15) is 42.6 Å². The number of amides is 1. The molecule has 0 saturated carbocycles. The molecular weight excluding hydrogens is 214 g/mol. The van der Waals surface area contributed by atoms with Gasteiger partial charge in [-0.25, -0.2) is 4.98 Å². The van der Waals surface area contributed by atoms with Crippen molar-refractivity contribution >= 4 is 11.7 Å². The minimum atomic E-state index is 0.0131. The number of hydrogen-bond donors (Lipinski definition) is 1. The summed E-state index contributed by atoms with van der Waals surface area (Å²) in [6.07, 6.45) is 5.91. The van der Waals surface area contributed by atoms with Gasteiger partial charge in [-0.15, -0.1) is 0 Å². The van der Waals surface area contributed by atoms with Gasteiger partial charge in [0, 0.05) is 13.1 Å². The molecule has 1 saturated heterocycles. The highest BCUT2D eigenvalue weighted by atomic mass is 16.2. The van der Waals surface area contributed by atoms with E-state index in [1.54, 1.807) is 18.2 Å². The van der Waals surface area contributed by atoms with E-state index in [0.717, 1.165) is 25.9 Å². The molecule has 0 aliphatic carbocycles. The van der Waals surface area contributed by atoms with Crippen LogP contribution in [0.5, 0.6) is 0 Å². The first-order chi connectivity index (χ1) is 8.27. The van der Waals surface area contributed by atoms with E-state index < -0.39 is 0 Å². The molecule has 0 bridgehead atoms. The summed E-state index contributed by atoms with van der Waals surface area (Å²) in [5, 5.41) is 0. The molecule has 1 amide bonds. The summed E-state index contributed by atoms with van der Waals surface area (Å²) in [5.74, 6) is 0.419. The average molecular weight is 233 g/mol. The fourth-order valence-electron chi connectivity index (χ4n) is 2.18. The van der Waals surface area contributed by atoms with Gasteiger partial charge in [0.05, 0.1) is 0 Å². The third kappa shape index (κ3) is 3.19. The Bertz CT molecular complexity index is 384. The Morgan fingerprint density at radius 3 is 2.41 bits per heavy atom. The summed E-state index contributed by atoms with van der Waals surface area (Å²) < 4.78 is 0. The summed E-state index contributed by atoms with van der Waals surface area (Å²) in [6, 6.07) is 5.21. The van der Waals surface area contributed by atoms with Crippen LogP contribution in [0.25, 0.3) is 0 Å². The molecule has 0 aromatic carbocycles. The summed E-state index contributed by atoms with van der Waals surface area (Å²) in [5.41, 5.74) is 6.06. The Kier molecular flexibility index (Phi) is 3.96. The lowest BCUT2D eigenvalue weighted by molar-refractivity contribution is 0.0736. The minimum absolute atomic E-state index is 0.0131. The maximum atomic E-state index is 12.2. The molecule has 1 aliphatic heterocycles. The zero-order valence-corrected chi connectivity index (χ0v) is 10.1. The number of nitrogen functional groups attached to an aromatic ring is 1. The van der Waals surface area contributed by atoms with Crippen LogP contribution < -0.4 is 5.73 Å². The van der Waals surface area contributed by atoms with Crippen molar-refractivity contribution in [1.82, 2.24) is 9.88 Å². The second kappa shape index (κ2) is 5.66. The van der Waals surface area contributed by atoms with E-state index in [0.29, 0.717) is 11.5 Å². The van der Waals surface area contributed by atoms with E-state index in [2.05, 4.69) is 4.98 Å². The first-order valence-electron chi connectivity index (χ1n) is 6.29. The van der Waals surface area contributed by atoms with E-state index in [9.17, 15) is 4.79 Å². The number of hydrogen-bond acceptors (Lipinski definition) is 3. The monoisotopic (exact) mass is 233 g/mol. The normalized spacial score (nSPS) is 17.3. The molecule has 1 fully saturated rings. The van der Waals surface area contributed by atoms with Gasteiger partial charge < -0.3 is 10.6 Å².